The molecule has 0 spiro atoms. The second-order valence-corrected chi connectivity index (χ2v) is 8.96. The second kappa shape index (κ2) is 8.50. The summed E-state index contributed by atoms with van der Waals surface area (Å²) in [7, 11) is -3.64. The van der Waals surface area contributed by atoms with Crippen LogP contribution in [0.25, 0.3) is 11.6 Å². The number of halogens is 1. The molecule has 0 bridgehead atoms. The second-order valence-electron chi connectivity index (χ2n) is 6.59. The predicted molar refractivity (Wildman–Crippen MR) is 105 cm³/mol. The van der Waals surface area contributed by atoms with Crippen molar-refractivity contribution in [2.24, 2.45) is 0 Å². The van der Waals surface area contributed by atoms with E-state index in [2.05, 4.69) is 25.3 Å². The molecule has 1 N–H and O–H groups in total. The number of carbonyl (C=O) groups excluding carboxylic acids is 1. The number of aryl methyl sites for hydroxylation is 1. The molecule has 1 aromatic carbocycles. The van der Waals surface area contributed by atoms with Crippen molar-refractivity contribution in [1.82, 2.24) is 34.5 Å². The van der Waals surface area contributed by atoms with Crippen molar-refractivity contribution < 1.29 is 17.7 Å². The van der Waals surface area contributed by atoms with Gasteiger partial charge in [0.25, 0.3) is 0 Å². The maximum Gasteiger partial charge on any atom is 0.243 e. The first-order chi connectivity index (χ1) is 14.4. The molecule has 3 aromatic rings. The number of carbonyl (C=O) groups is 1. The molecule has 1 aliphatic heterocycles. The number of sulfonamides is 1. The van der Waals surface area contributed by atoms with Crippen LogP contribution in [0.2, 0.25) is 5.02 Å². The standard InChI is InChI=1S/C17H18ClN7O4S/c18-12-2-1-3-13(10-12)30(27,28)25-8-6-24(7-9-25)15(26)5-4-14-21-17(23-29-14)16-19-11-20-22-16/h1-3,10-11H,4-9H2,(H,19,20,22). The van der Waals surface area contributed by atoms with E-state index >= 15 is 0 Å². The van der Waals surface area contributed by atoms with Gasteiger partial charge >= 0.3 is 0 Å². The number of nitrogens with zero attached hydrogens (tertiary/aromatic N) is 6. The van der Waals surface area contributed by atoms with E-state index < -0.39 is 10.0 Å². The molecule has 1 amide bonds. The fourth-order valence-electron chi connectivity index (χ4n) is 3.09. The molecule has 0 radical (unpaired) electrons. The van der Waals surface area contributed by atoms with Gasteiger partial charge in [-0.05, 0) is 18.2 Å². The summed E-state index contributed by atoms with van der Waals surface area (Å²) in [5.74, 6) is 0.870. The highest BCUT2D eigenvalue weighted by molar-refractivity contribution is 7.89. The number of piperazine rings is 1. The molecule has 0 atom stereocenters. The van der Waals surface area contributed by atoms with E-state index in [1.54, 1.807) is 17.0 Å². The van der Waals surface area contributed by atoms with E-state index in [-0.39, 0.29) is 42.6 Å². The number of nitrogens with one attached hydrogen (secondary N) is 1. The Morgan fingerprint density at radius 2 is 2.03 bits per heavy atom. The van der Waals surface area contributed by atoms with Crippen molar-refractivity contribution in [3.05, 3.63) is 41.5 Å². The molecule has 1 saturated heterocycles. The minimum absolute atomic E-state index is 0.103. The van der Waals surface area contributed by atoms with E-state index in [4.69, 9.17) is 16.1 Å². The molecule has 4 rings (SSSR count). The summed E-state index contributed by atoms with van der Waals surface area (Å²) in [5, 5.41) is 10.5. The number of benzene rings is 1. The van der Waals surface area contributed by atoms with Gasteiger partial charge in [-0.1, -0.05) is 22.8 Å². The topological polar surface area (TPSA) is 138 Å². The highest BCUT2D eigenvalue weighted by atomic mass is 35.5. The third-order valence-electron chi connectivity index (χ3n) is 4.67. The van der Waals surface area contributed by atoms with Gasteiger partial charge in [-0.25, -0.2) is 13.4 Å². The molecular weight excluding hydrogens is 434 g/mol. The number of hydrogen-bond donors (Lipinski definition) is 1. The number of aromatic amines is 1. The Morgan fingerprint density at radius 1 is 1.23 bits per heavy atom. The maximum atomic E-state index is 12.8. The molecule has 1 fully saturated rings. The number of aromatic nitrogens is 5. The van der Waals surface area contributed by atoms with Crippen LogP contribution in [0.5, 0.6) is 0 Å². The quantitative estimate of drug-likeness (QED) is 0.585. The highest BCUT2D eigenvalue weighted by Gasteiger charge is 2.30. The van der Waals surface area contributed by atoms with Crippen LogP contribution < -0.4 is 0 Å². The van der Waals surface area contributed by atoms with Crippen LogP contribution in [0.4, 0.5) is 0 Å². The lowest BCUT2D eigenvalue weighted by Crippen LogP contribution is -2.50. The SMILES string of the molecule is O=C(CCc1nc(-c2ncn[nH]2)no1)N1CCN(S(=O)(=O)c2cccc(Cl)c2)CC1. The van der Waals surface area contributed by atoms with Crippen molar-refractivity contribution in [3.8, 4) is 11.6 Å². The van der Waals surface area contributed by atoms with Gasteiger partial charge in [0.1, 0.15) is 6.33 Å². The first kappa shape index (κ1) is 20.4. The van der Waals surface area contributed by atoms with Gasteiger partial charge in [-0.3, -0.25) is 9.89 Å². The monoisotopic (exact) mass is 451 g/mol. The molecule has 0 unspecified atom stereocenters. The molecule has 30 heavy (non-hydrogen) atoms. The summed E-state index contributed by atoms with van der Waals surface area (Å²) in [6.07, 6.45) is 1.79. The Morgan fingerprint density at radius 3 is 2.73 bits per heavy atom. The largest absolute Gasteiger partial charge is 0.340 e. The molecule has 1 aliphatic rings. The lowest BCUT2D eigenvalue weighted by Gasteiger charge is -2.34. The van der Waals surface area contributed by atoms with Gasteiger partial charge in [0.2, 0.25) is 27.6 Å². The highest BCUT2D eigenvalue weighted by Crippen LogP contribution is 2.21. The van der Waals surface area contributed by atoms with Crippen LogP contribution in [-0.4, -0.2) is 75.0 Å². The van der Waals surface area contributed by atoms with E-state index in [0.29, 0.717) is 29.8 Å². The number of hydrogen-bond acceptors (Lipinski definition) is 8. The van der Waals surface area contributed by atoms with Crippen LogP contribution in [-0.2, 0) is 21.2 Å². The predicted octanol–water partition coefficient (Wildman–Crippen LogP) is 0.974. The molecule has 0 saturated carbocycles. The fraction of sp³-hybridized carbons (Fsp3) is 0.353. The number of amides is 1. The Hall–Kier alpha value is -2.83. The summed E-state index contributed by atoms with van der Waals surface area (Å²) in [6.45, 7) is 1.06. The van der Waals surface area contributed by atoms with Gasteiger partial charge in [-0.15, -0.1) is 0 Å². The van der Waals surface area contributed by atoms with Crippen LogP contribution in [0, 0.1) is 0 Å². The molecular formula is C17H18ClN7O4S. The first-order valence-corrected chi connectivity index (χ1v) is 11.0. The summed E-state index contributed by atoms with van der Waals surface area (Å²) in [4.78, 5) is 22.4. The summed E-state index contributed by atoms with van der Waals surface area (Å²) in [5.41, 5.74) is 0. The minimum atomic E-state index is -3.64. The van der Waals surface area contributed by atoms with Crippen LogP contribution in [0.15, 0.2) is 40.0 Å². The van der Waals surface area contributed by atoms with Gasteiger partial charge < -0.3 is 9.42 Å². The van der Waals surface area contributed by atoms with Crippen molar-refractivity contribution in [1.29, 1.82) is 0 Å². The summed E-state index contributed by atoms with van der Waals surface area (Å²) in [6, 6.07) is 6.15. The summed E-state index contributed by atoms with van der Waals surface area (Å²) >= 11 is 5.91. The minimum Gasteiger partial charge on any atom is -0.340 e. The van der Waals surface area contributed by atoms with Crippen LogP contribution in [0.3, 0.4) is 0 Å². The molecule has 2 aromatic heterocycles. The van der Waals surface area contributed by atoms with E-state index in [1.807, 2.05) is 0 Å². The van der Waals surface area contributed by atoms with Crippen LogP contribution in [0.1, 0.15) is 12.3 Å². The van der Waals surface area contributed by atoms with E-state index in [1.165, 1.54) is 22.8 Å². The number of rotatable bonds is 6. The van der Waals surface area contributed by atoms with Crippen LogP contribution >= 0.6 is 11.6 Å². The fourth-order valence-corrected chi connectivity index (χ4v) is 4.82. The van der Waals surface area contributed by atoms with Gasteiger partial charge in [0.15, 0.2) is 5.82 Å². The Bertz CT molecular complexity index is 1120. The average Bonchev–Trinajstić information content (AvgIpc) is 3.44. The number of H-pyrrole nitrogens is 1. The zero-order valence-corrected chi connectivity index (χ0v) is 17.3. The Kier molecular flexibility index (Phi) is 5.79. The molecule has 3 heterocycles. The molecule has 11 nitrogen and oxygen atoms in total. The van der Waals surface area contributed by atoms with Gasteiger partial charge in [0.05, 0.1) is 4.90 Å². The molecule has 0 aliphatic carbocycles. The zero-order chi connectivity index (χ0) is 21.1. The lowest BCUT2D eigenvalue weighted by molar-refractivity contribution is -0.132. The van der Waals surface area contributed by atoms with Crippen molar-refractivity contribution in [3.63, 3.8) is 0 Å². The average molecular weight is 452 g/mol. The van der Waals surface area contributed by atoms with Crippen molar-refractivity contribution >= 4 is 27.5 Å². The Balaban J connectivity index is 1.30. The zero-order valence-electron chi connectivity index (χ0n) is 15.7. The first-order valence-electron chi connectivity index (χ1n) is 9.15. The lowest BCUT2D eigenvalue weighted by atomic mass is 10.2. The molecule has 13 heteroatoms. The Labute approximate surface area is 177 Å². The van der Waals surface area contributed by atoms with E-state index in [9.17, 15) is 13.2 Å². The molecule has 158 valence electrons. The summed E-state index contributed by atoms with van der Waals surface area (Å²) < 4.78 is 32.0. The van der Waals surface area contributed by atoms with Gasteiger partial charge in [-0.2, -0.15) is 14.4 Å². The van der Waals surface area contributed by atoms with Crippen molar-refractivity contribution in [2.45, 2.75) is 17.7 Å². The third-order valence-corrected chi connectivity index (χ3v) is 6.80. The third kappa shape index (κ3) is 4.35. The normalized spacial score (nSPS) is 15.4. The smallest absolute Gasteiger partial charge is 0.243 e. The van der Waals surface area contributed by atoms with Gasteiger partial charge in [0, 0.05) is 44.0 Å². The maximum absolute atomic E-state index is 12.8. The van der Waals surface area contributed by atoms with Crippen molar-refractivity contribution in [2.75, 3.05) is 26.2 Å². The van der Waals surface area contributed by atoms with E-state index in [0.717, 1.165) is 0 Å².